The van der Waals surface area contributed by atoms with E-state index in [1.165, 1.54) is 44.1 Å². The average molecular weight is 846 g/mol. The molecule has 0 bridgehead atoms. The van der Waals surface area contributed by atoms with E-state index in [2.05, 4.69) is 163 Å². The molecule has 0 saturated carbocycles. The quantitative estimate of drug-likeness (QED) is 0.173. The summed E-state index contributed by atoms with van der Waals surface area (Å²) in [6, 6.07) is 71.3. The van der Waals surface area contributed by atoms with E-state index in [1.54, 1.807) is 0 Å². The normalized spacial score (nSPS) is 13.1. The van der Waals surface area contributed by atoms with Crippen LogP contribution in [0, 0.1) is 0 Å². The number of rotatable bonds is 5. The third-order valence-electron chi connectivity index (χ3n) is 14.0. The molecule has 0 amide bonds. The lowest BCUT2D eigenvalue weighted by molar-refractivity contribution is 0.661. The van der Waals surface area contributed by atoms with Crippen molar-refractivity contribution in [3.63, 3.8) is 0 Å². The minimum Gasteiger partial charge on any atom is -0.456 e. The van der Waals surface area contributed by atoms with Crippen LogP contribution < -0.4 is 0 Å². The molecular formula is C60H39N5O. The van der Waals surface area contributed by atoms with Gasteiger partial charge in [0.2, 0.25) is 5.95 Å². The Morgan fingerprint density at radius 3 is 1.70 bits per heavy atom. The minimum atomic E-state index is -0.100. The van der Waals surface area contributed by atoms with Crippen molar-refractivity contribution in [2.24, 2.45) is 0 Å². The van der Waals surface area contributed by atoms with Crippen LogP contribution in [0.4, 0.5) is 0 Å². The zero-order valence-electron chi connectivity index (χ0n) is 36.2. The highest BCUT2D eigenvalue weighted by Gasteiger charge is 2.36. The van der Waals surface area contributed by atoms with Crippen molar-refractivity contribution in [2.45, 2.75) is 19.3 Å². The van der Waals surface area contributed by atoms with Crippen molar-refractivity contribution < 1.29 is 4.42 Å². The molecule has 0 fully saturated rings. The van der Waals surface area contributed by atoms with Crippen molar-refractivity contribution in [3.8, 4) is 56.7 Å². The third-order valence-corrected chi connectivity index (χ3v) is 14.0. The fraction of sp³-hybridized carbons (Fsp3) is 0.0500. The first kappa shape index (κ1) is 36.8. The first-order valence-corrected chi connectivity index (χ1v) is 22.5. The van der Waals surface area contributed by atoms with Gasteiger partial charge in [-0.15, -0.1) is 0 Å². The van der Waals surface area contributed by atoms with Gasteiger partial charge in [-0.3, -0.25) is 4.57 Å². The number of furan rings is 1. The monoisotopic (exact) mass is 845 g/mol. The molecule has 0 atom stereocenters. The van der Waals surface area contributed by atoms with Crippen LogP contribution in [0.25, 0.3) is 122 Å². The summed E-state index contributed by atoms with van der Waals surface area (Å²) in [6.07, 6.45) is 0. The predicted molar refractivity (Wildman–Crippen MR) is 270 cm³/mol. The first-order valence-electron chi connectivity index (χ1n) is 22.5. The van der Waals surface area contributed by atoms with Crippen molar-refractivity contribution in [1.29, 1.82) is 0 Å². The highest BCUT2D eigenvalue weighted by Crippen LogP contribution is 2.51. The van der Waals surface area contributed by atoms with Crippen LogP contribution in [0.1, 0.15) is 25.0 Å². The Balaban J connectivity index is 0.953. The molecule has 66 heavy (non-hydrogen) atoms. The van der Waals surface area contributed by atoms with E-state index in [4.69, 9.17) is 19.4 Å². The van der Waals surface area contributed by atoms with Crippen LogP contribution in [0.15, 0.2) is 205 Å². The van der Waals surface area contributed by atoms with Gasteiger partial charge < -0.3 is 8.98 Å². The summed E-state index contributed by atoms with van der Waals surface area (Å²) >= 11 is 0. The first-order chi connectivity index (χ1) is 32.5. The molecule has 6 heteroatoms. The standard InChI is InChI=1S/C60H39N5O/c1-60(2)49-24-14-12-22-41(49)43-32-46-44-30-38(26-28-52(44)64(53(46)34-50(43)60)40-20-10-5-11-21-40)39-27-29-55-47(31-39)48-33-45-42-23-13-15-25-51(42)65(54(45)35-56(48)66-55)59-62-57(36-16-6-3-7-17-36)61-58(63-59)37-18-8-4-9-19-37/h3-35H,1-2H3. The molecule has 14 rings (SSSR count). The van der Waals surface area contributed by atoms with E-state index >= 15 is 0 Å². The van der Waals surface area contributed by atoms with Gasteiger partial charge in [0.05, 0.1) is 22.1 Å². The molecule has 0 radical (unpaired) electrons. The van der Waals surface area contributed by atoms with Gasteiger partial charge >= 0.3 is 0 Å². The van der Waals surface area contributed by atoms with Crippen molar-refractivity contribution in [2.75, 3.05) is 0 Å². The lowest BCUT2D eigenvalue weighted by Crippen LogP contribution is -2.14. The number of para-hydroxylation sites is 2. The Morgan fingerprint density at radius 1 is 0.364 bits per heavy atom. The van der Waals surface area contributed by atoms with Crippen LogP contribution in [0.2, 0.25) is 0 Å². The van der Waals surface area contributed by atoms with Crippen LogP contribution in [-0.2, 0) is 5.41 Å². The van der Waals surface area contributed by atoms with E-state index in [-0.39, 0.29) is 5.41 Å². The van der Waals surface area contributed by atoms with Gasteiger partial charge in [-0.05, 0) is 94.0 Å². The lowest BCUT2D eigenvalue weighted by Gasteiger charge is -2.21. The van der Waals surface area contributed by atoms with Crippen molar-refractivity contribution in [3.05, 3.63) is 211 Å². The summed E-state index contributed by atoms with van der Waals surface area (Å²) in [5.41, 5.74) is 16.6. The Hall–Kier alpha value is -8.61. The lowest BCUT2D eigenvalue weighted by atomic mass is 9.82. The van der Waals surface area contributed by atoms with Gasteiger partial charge in [0.1, 0.15) is 11.2 Å². The summed E-state index contributed by atoms with van der Waals surface area (Å²) in [4.78, 5) is 15.3. The second-order valence-corrected chi connectivity index (χ2v) is 18.0. The van der Waals surface area contributed by atoms with E-state index in [1.807, 2.05) is 60.7 Å². The molecule has 9 aromatic carbocycles. The maximum atomic E-state index is 6.72. The Morgan fingerprint density at radius 2 is 0.939 bits per heavy atom. The summed E-state index contributed by atoms with van der Waals surface area (Å²) < 4.78 is 11.3. The molecule has 1 aliphatic rings. The summed E-state index contributed by atoms with van der Waals surface area (Å²) in [5.74, 6) is 1.78. The highest BCUT2D eigenvalue weighted by molar-refractivity contribution is 6.18. The van der Waals surface area contributed by atoms with Gasteiger partial charge in [-0.1, -0.05) is 147 Å². The third kappa shape index (κ3) is 5.33. The minimum absolute atomic E-state index is 0.100. The number of hydrogen-bond acceptors (Lipinski definition) is 4. The number of aromatic nitrogens is 5. The number of fused-ring (bicyclic) bond motifs is 12. The fourth-order valence-electron chi connectivity index (χ4n) is 10.8. The molecule has 0 saturated heterocycles. The van der Waals surface area contributed by atoms with E-state index in [9.17, 15) is 0 Å². The SMILES string of the molecule is CC1(C)c2ccccc2-c2cc3c4cc(-c5ccc6oc7cc8c(cc7c6c5)c5ccccc5n8-c5nc(-c6ccccc6)nc(-c6ccccc6)n5)ccc4n(-c4ccccc4)c3cc21. The maximum absolute atomic E-state index is 6.72. The summed E-state index contributed by atoms with van der Waals surface area (Å²) in [5, 5.41) is 6.82. The van der Waals surface area contributed by atoms with Gasteiger partial charge in [0.15, 0.2) is 11.6 Å². The van der Waals surface area contributed by atoms with E-state index in [0.717, 1.165) is 71.7 Å². The molecule has 0 spiro atoms. The van der Waals surface area contributed by atoms with Gasteiger partial charge in [0.25, 0.3) is 0 Å². The molecule has 0 aliphatic heterocycles. The number of nitrogens with zero attached hydrogens (tertiary/aromatic N) is 5. The molecule has 0 N–H and O–H groups in total. The summed E-state index contributed by atoms with van der Waals surface area (Å²) in [7, 11) is 0. The predicted octanol–water partition coefficient (Wildman–Crippen LogP) is 15.3. The van der Waals surface area contributed by atoms with Crippen LogP contribution in [-0.4, -0.2) is 24.1 Å². The fourth-order valence-corrected chi connectivity index (χ4v) is 10.8. The smallest absolute Gasteiger partial charge is 0.238 e. The highest BCUT2D eigenvalue weighted by atomic mass is 16.3. The topological polar surface area (TPSA) is 61.7 Å². The molecule has 1 aliphatic carbocycles. The molecule has 310 valence electrons. The zero-order valence-corrected chi connectivity index (χ0v) is 36.2. The van der Waals surface area contributed by atoms with Crippen molar-refractivity contribution >= 4 is 65.6 Å². The van der Waals surface area contributed by atoms with Gasteiger partial charge in [-0.2, -0.15) is 9.97 Å². The molecule has 13 aromatic rings. The molecule has 4 aromatic heterocycles. The Bertz CT molecular complexity index is 4070. The largest absolute Gasteiger partial charge is 0.456 e. The van der Waals surface area contributed by atoms with Crippen LogP contribution >= 0.6 is 0 Å². The number of hydrogen-bond donors (Lipinski definition) is 0. The molecule has 6 nitrogen and oxygen atoms in total. The Labute approximate surface area is 379 Å². The van der Waals surface area contributed by atoms with Gasteiger partial charge in [0, 0.05) is 60.6 Å². The Kier molecular flexibility index (Phi) is 7.64. The summed E-state index contributed by atoms with van der Waals surface area (Å²) in [6.45, 7) is 4.71. The molecular weight excluding hydrogens is 807 g/mol. The van der Waals surface area contributed by atoms with E-state index < -0.39 is 0 Å². The van der Waals surface area contributed by atoms with Gasteiger partial charge in [-0.25, -0.2) is 4.98 Å². The second-order valence-electron chi connectivity index (χ2n) is 18.0. The second kappa shape index (κ2) is 13.7. The zero-order chi connectivity index (χ0) is 43.7. The number of benzene rings is 9. The van der Waals surface area contributed by atoms with E-state index in [0.29, 0.717) is 17.6 Å². The van der Waals surface area contributed by atoms with Crippen LogP contribution in [0.3, 0.4) is 0 Å². The van der Waals surface area contributed by atoms with Crippen molar-refractivity contribution in [1.82, 2.24) is 24.1 Å². The average Bonchev–Trinajstić information content (AvgIpc) is 4.07. The molecule has 4 heterocycles. The van der Waals surface area contributed by atoms with Crippen LogP contribution in [0.5, 0.6) is 0 Å². The maximum Gasteiger partial charge on any atom is 0.238 e. The molecule has 0 unspecified atom stereocenters.